The van der Waals surface area contributed by atoms with Crippen LogP contribution in [0, 0.1) is 0 Å². The van der Waals surface area contributed by atoms with Gasteiger partial charge in [0.25, 0.3) is 0 Å². The summed E-state index contributed by atoms with van der Waals surface area (Å²) in [5, 5.41) is 6.95. The van der Waals surface area contributed by atoms with E-state index in [-0.39, 0.29) is 5.41 Å². The third kappa shape index (κ3) is 6.51. The predicted octanol–water partition coefficient (Wildman–Crippen LogP) is 2.33. The highest BCUT2D eigenvalue weighted by atomic mass is 15.3. The molecule has 27 heavy (non-hydrogen) atoms. The van der Waals surface area contributed by atoms with Crippen LogP contribution in [0.4, 0.5) is 0 Å². The van der Waals surface area contributed by atoms with Gasteiger partial charge in [0, 0.05) is 44.2 Å². The highest BCUT2D eigenvalue weighted by Gasteiger charge is 2.23. The average molecular weight is 374 g/mol. The van der Waals surface area contributed by atoms with Crippen molar-refractivity contribution in [3.63, 3.8) is 0 Å². The Balaban J connectivity index is 1.98. The summed E-state index contributed by atoms with van der Waals surface area (Å²) >= 11 is 0. The van der Waals surface area contributed by atoms with Gasteiger partial charge in [-0.2, -0.15) is 0 Å². The van der Waals surface area contributed by atoms with Crippen LogP contribution in [-0.4, -0.2) is 75.2 Å². The van der Waals surface area contributed by atoms with Crippen LogP contribution in [0.3, 0.4) is 0 Å². The van der Waals surface area contributed by atoms with Crippen molar-refractivity contribution < 1.29 is 0 Å². The molecule has 0 bridgehead atoms. The first-order valence-electron chi connectivity index (χ1n) is 10.4. The molecule has 1 saturated heterocycles. The maximum atomic E-state index is 4.89. The van der Waals surface area contributed by atoms with Gasteiger partial charge in [0.15, 0.2) is 5.96 Å². The van der Waals surface area contributed by atoms with E-state index in [9.17, 15) is 0 Å². The molecule has 1 aliphatic rings. The van der Waals surface area contributed by atoms with Crippen LogP contribution in [0.2, 0.25) is 0 Å². The second-order valence-electron chi connectivity index (χ2n) is 8.41. The lowest BCUT2D eigenvalue weighted by molar-refractivity contribution is 0.116. The van der Waals surface area contributed by atoms with E-state index in [2.05, 4.69) is 86.5 Å². The summed E-state index contributed by atoms with van der Waals surface area (Å²) < 4.78 is 0. The number of guanidine groups is 1. The molecule has 1 fully saturated rings. The molecule has 0 aliphatic carbocycles. The zero-order valence-electron chi connectivity index (χ0n) is 18.2. The van der Waals surface area contributed by atoms with Crippen molar-refractivity contribution in [2.75, 3.05) is 53.4 Å². The minimum Gasteiger partial charge on any atom is -0.357 e. The molecule has 1 atom stereocenters. The summed E-state index contributed by atoms with van der Waals surface area (Å²) in [6, 6.07) is 9.49. The average Bonchev–Trinajstić information content (AvgIpc) is 2.66. The van der Waals surface area contributed by atoms with E-state index in [1.807, 2.05) is 0 Å². The van der Waals surface area contributed by atoms with Crippen LogP contribution in [-0.2, 0) is 11.8 Å². The van der Waals surface area contributed by atoms with Gasteiger partial charge >= 0.3 is 0 Å². The zero-order chi connectivity index (χ0) is 19.9. The Bertz CT molecular complexity index is 593. The number of hydrogen-bond donors (Lipinski definition) is 2. The van der Waals surface area contributed by atoms with E-state index < -0.39 is 0 Å². The number of aryl methyl sites for hydroxylation is 1. The first-order valence-corrected chi connectivity index (χ1v) is 10.4. The quantitative estimate of drug-likeness (QED) is 0.569. The number of nitrogens with one attached hydrogen (secondary N) is 2. The van der Waals surface area contributed by atoms with Gasteiger partial charge < -0.3 is 15.5 Å². The fourth-order valence-corrected chi connectivity index (χ4v) is 3.44. The lowest BCUT2D eigenvalue weighted by Crippen LogP contribution is -2.55. The number of likely N-dealkylation sites (N-methyl/N-ethyl adjacent to an activating group) is 2. The third-order valence-electron chi connectivity index (χ3n) is 5.61. The Morgan fingerprint density at radius 3 is 2.44 bits per heavy atom. The number of benzene rings is 1. The van der Waals surface area contributed by atoms with Gasteiger partial charge in [0.05, 0.1) is 6.54 Å². The molecule has 1 aliphatic heterocycles. The van der Waals surface area contributed by atoms with Gasteiger partial charge in [-0.15, -0.1) is 0 Å². The molecule has 5 nitrogen and oxygen atoms in total. The summed E-state index contributed by atoms with van der Waals surface area (Å²) in [7, 11) is 4.41. The van der Waals surface area contributed by atoms with Crippen molar-refractivity contribution in [1.82, 2.24) is 20.4 Å². The minimum atomic E-state index is 0.0104. The lowest BCUT2D eigenvalue weighted by atomic mass is 9.84. The Morgan fingerprint density at radius 2 is 1.81 bits per heavy atom. The summed E-state index contributed by atoms with van der Waals surface area (Å²) in [5.74, 6) is 0.914. The Kier molecular flexibility index (Phi) is 8.11. The second-order valence-corrected chi connectivity index (χ2v) is 8.41. The number of nitrogens with zero attached hydrogens (tertiary/aromatic N) is 3. The monoisotopic (exact) mass is 373 g/mol. The molecule has 0 aromatic heterocycles. The van der Waals surface area contributed by atoms with Crippen LogP contribution in [0.25, 0.3) is 0 Å². The van der Waals surface area contributed by atoms with Crippen molar-refractivity contribution in [3.8, 4) is 0 Å². The molecule has 0 saturated carbocycles. The van der Waals surface area contributed by atoms with E-state index in [0.29, 0.717) is 6.04 Å². The van der Waals surface area contributed by atoms with Gasteiger partial charge in [0.1, 0.15) is 0 Å². The molecule has 1 heterocycles. The number of piperazine rings is 1. The smallest absolute Gasteiger partial charge is 0.191 e. The molecular weight excluding hydrogens is 334 g/mol. The fourth-order valence-electron chi connectivity index (χ4n) is 3.44. The maximum Gasteiger partial charge on any atom is 0.191 e. The third-order valence-corrected chi connectivity index (χ3v) is 5.61. The van der Waals surface area contributed by atoms with Gasteiger partial charge in [-0.25, -0.2) is 0 Å². The highest BCUT2D eigenvalue weighted by Crippen LogP contribution is 2.24. The highest BCUT2D eigenvalue weighted by molar-refractivity contribution is 5.79. The van der Waals surface area contributed by atoms with E-state index in [1.54, 1.807) is 0 Å². The standard InChI is InChI=1S/C22H39N5/c1-7-18-9-11-19(12-10-18)22(3,4)17-25-21(23-8-2)24-15-20-16-26(5)13-14-27(20)6/h9-12,20H,7-8,13-17H2,1-6H3,(H2,23,24,25). The molecule has 0 amide bonds. The summed E-state index contributed by atoms with van der Waals surface area (Å²) in [6.07, 6.45) is 1.08. The SMILES string of the molecule is CCNC(=NCC(C)(C)c1ccc(CC)cc1)NCC1CN(C)CCN1C. The molecule has 2 rings (SSSR count). The fraction of sp³-hybridized carbons (Fsp3) is 0.682. The topological polar surface area (TPSA) is 42.9 Å². The molecule has 0 spiro atoms. The predicted molar refractivity (Wildman–Crippen MR) is 117 cm³/mol. The van der Waals surface area contributed by atoms with E-state index in [1.165, 1.54) is 11.1 Å². The molecular formula is C22H39N5. The Labute approximate surface area is 166 Å². The van der Waals surface area contributed by atoms with Gasteiger partial charge in [-0.3, -0.25) is 9.89 Å². The normalized spacial score (nSPS) is 19.9. The molecule has 152 valence electrons. The summed E-state index contributed by atoms with van der Waals surface area (Å²) in [5.41, 5.74) is 2.73. The van der Waals surface area contributed by atoms with Crippen molar-refractivity contribution in [1.29, 1.82) is 0 Å². The van der Waals surface area contributed by atoms with E-state index >= 15 is 0 Å². The van der Waals surface area contributed by atoms with E-state index in [0.717, 1.165) is 51.6 Å². The van der Waals surface area contributed by atoms with Crippen LogP contribution < -0.4 is 10.6 Å². The van der Waals surface area contributed by atoms with Gasteiger partial charge in [0.2, 0.25) is 0 Å². The van der Waals surface area contributed by atoms with Crippen molar-refractivity contribution >= 4 is 5.96 Å². The summed E-state index contributed by atoms with van der Waals surface area (Å²) in [4.78, 5) is 9.74. The number of rotatable bonds is 7. The largest absolute Gasteiger partial charge is 0.357 e. The first-order chi connectivity index (χ1) is 12.9. The van der Waals surface area contributed by atoms with Crippen molar-refractivity contribution in [2.45, 2.75) is 45.6 Å². The Morgan fingerprint density at radius 1 is 1.11 bits per heavy atom. The van der Waals surface area contributed by atoms with Crippen molar-refractivity contribution in [3.05, 3.63) is 35.4 Å². The van der Waals surface area contributed by atoms with Gasteiger partial charge in [-0.05, 0) is 38.6 Å². The molecule has 5 heteroatoms. The zero-order valence-corrected chi connectivity index (χ0v) is 18.2. The minimum absolute atomic E-state index is 0.0104. The van der Waals surface area contributed by atoms with E-state index in [4.69, 9.17) is 4.99 Å². The Hall–Kier alpha value is -1.59. The van der Waals surface area contributed by atoms with Crippen LogP contribution in [0.1, 0.15) is 38.8 Å². The van der Waals surface area contributed by atoms with Crippen LogP contribution >= 0.6 is 0 Å². The molecule has 1 unspecified atom stereocenters. The van der Waals surface area contributed by atoms with Crippen molar-refractivity contribution in [2.24, 2.45) is 4.99 Å². The molecule has 2 N–H and O–H groups in total. The molecule has 1 aromatic rings. The number of hydrogen-bond acceptors (Lipinski definition) is 3. The number of aliphatic imine (C=N–C) groups is 1. The van der Waals surface area contributed by atoms with Crippen LogP contribution in [0.15, 0.2) is 29.3 Å². The maximum absolute atomic E-state index is 4.89. The molecule has 0 radical (unpaired) electrons. The lowest BCUT2D eigenvalue weighted by Gasteiger charge is -2.38. The molecule has 1 aromatic carbocycles. The summed E-state index contributed by atoms with van der Waals surface area (Å²) in [6.45, 7) is 14.8. The first kappa shape index (κ1) is 21.7. The van der Waals surface area contributed by atoms with Gasteiger partial charge in [-0.1, -0.05) is 45.0 Å². The van der Waals surface area contributed by atoms with Crippen LogP contribution in [0.5, 0.6) is 0 Å². The second kappa shape index (κ2) is 10.1.